The van der Waals surface area contributed by atoms with Crippen LogP contribution in [0.2, 0.25) is 0 Å². The molecular formula is C22H21F3N4O3. The zero-order chi connectivity index (χ0) is 22.5. The summed E-state index contributed by atoms with van der Waals surface area (Å²) in [5.74, 6) is -0.0463. The van der Waals surface area contributed by atoms with E-state index in [-0.39, 0.29) is 6.10 Å². The van der Waals surface area contributed by atoms with Gasteiger partial charge >= 0.3 is 11.9 Å². The fourth-order valence-electron chi connectivity index (χ4n) is 4.37. The predicted molar refractivity (Wildman–Crippen MR) is 111 cm³/mol. The molecule has 0 bridgehead atoms. The van der Waals surface area contributed by atoms with Crippen molar-refractivity contribution in [3.63, 3.8) is 0 Å². The second-order valence-corrected chi connectivity index (χ2v) is 8.04. The molecule has 1 aromatic carbocycles. The number of hydrogen-bond donors (Lipinski definition) is 2. The smallest absolute Gasteiger partial charge is 0.417 e. The molecule has 3 aromatic rings. The summed E-state index contributed by atoms with van der Waals surface area (Å²) in [6, 6.07) is 5.96. The van der Waals surface area contributed by atoms with Gasteiger partial charge in [-0.3, -0.25) is 9.97 Å². The lowest BCUT2D eigenvalue weighted by Gasteiger charge is -2.38. The molecular weight excluding hydrogens is 425 g/mol. The number of hydrogen-bond acceptors (Lipinski definition) is 6. The molecule has 0 aliphatic carbocycles. The Morgan fingerprint density at radius 1 is 1.28 bits per heavy atom. The van der Waals surface area contributed by atoms with Gasteiger partial charge in [0.2, 0.25) is 0 Å². The number of oxazole rings is 1. The Balaban J connectivity index is 1.57. The first-order valence-corrected chi connectivity index (χ1v) is 10.3. The van der Waals surface area contributed by atoms with Gasteiger partial charge in [0.25, 0.3) is 0 Å². The molecule has 10 heteroatoms. The van der Waals surface area contributed by atoms with Gasteiger partial charge in [-0.25, -0.2) is 4.79 Å². The van der Waals surface area contributed by atoms with Gasteiger partial charge in [0.15, 0.2) is 5.58 Å². The van der Waals surface area contributed by atoms with Gasteiger partial charge in [-0.15, -0.1) is 0 Å². The molecule has 32 heavy (non-hydrogen) atoms. The molecule has 168 valence electrons. The van der Waals surface area contributed by atoms with E-state index in [1.54, 1.807) is 43.5 Å². The number of H-pyrrole nitrogens is 1. The third-order valence-corrected chi connectivity index (χ3v) is 5.78. The van der Waals surface area contributed by atoms with Crippen LogP contribution in [0.4, 0.5) is 13.2 Å². The van der Waals surface area contributed by atoms with Crippen LogP contribution in [-0.4, -0.2) is 46.8 Å². The van der Waals surface area contributed by atoms with Crippen LogP contribution in [0.5, 0.6) is 5.75 Å². The van der Waals surface area contributed by atoms with Crippen molar-refractivity contribution in [2.24, 2.45) is 0 Å². The van der Waals surface area contributed by atoms with E-state index >= 15 is 0 Å². The number of halogens is 3. The zero-order valence-corrected chi connectivity index (χ0v) is 17.2. The summed E-state index contributed by atoms with van der Waals surface area (Å²) in [4.78, 5) is 20.0. The SMILES string of the molecule is CC1=Cc2c(ccc3[nH]c(=O)oc23)[C@@H](c2ccc(O[C@H]3CCNC3)cn2)N1CC(F)(F)F. The normalized spacial score (nSPS) is 21.0. The van der Waals surface area contributed by atoms with E-state index < -0.39 is 24.5 Å². The van der Waals surface area contributed by atoms with E-state index in [2.05, 4.69) is 15.3 Å². The number of ether oxygens (including phenoxy) is 1. The molecule has 2 aliphatic rings. The van der Waals surface area contributed by atoms with E-state index in [0.717, 1.165) is 19.5 Å². The zero-order valence-electron chi connectivity index (χ0n) is 17.2. The van der Waals surface area contributed by atoms with E-state index in [4.69, 9.17) is 9.15 Å². The third-order valence-electron chi connectivity index (χ3n) is 5.78. The molecule has 2 atom stereocenters. The maximum atomic E-state index is 13.4. The van der Waals surface area contributed by atoms with Crippen molar-refractivity contribution >= 4 is 17.2 Å². The predicted octanol–water partition coefficient (Wildman–Crippen LogP) is 3.58. The monoisotopic (exact) mass is 446 g/mol. The lowest BCUT2D eigenvalue weighted by Crippen LogP contribution is -2.38. The molecule has 0 radical (unpaired) electrons. The summed E-state index contributed by atoms with van der Waals surface area (Å²) < 4.78 is 51.5. The molecule has 1 saturated heterocycles. The van der Waals surface area contributed by atoms with Crippen LogP contribution in [0.15, 0.2) is 45.4 Å². The Labute approximate surface area is 180 Å². The highest BCUT2D eigenvalue weighted by atomic mass is 19.4. The molecule has 5 rings (SSSR count). The maximum absolute atomic E-state index is 13.4. The number of rotatable bonds is 4. The highest BCUT2D eigenvalue weighted by Gasteiger charge is 2.39. The minimum atomic E-state index is -4.41. The highest BCUT2D eigenvalue weighted by Crippen LogP contribution is 2.42. The van der Waals surface area contributed by atoms with Crippen molar-refractivity contribution in [3.05, 3.63) is 63.5 Å². The first kappa shape index (κ1) is 20.6. The van der Waals surface area contributed by atoms with Crippen LogP contribution in [0.25, 0.3) is 17.2 Å². The fourth-order valence-corrected chi connectivity index (χ4v) is 4.37. The highest BCUT2D eigenvalue weighted by molar-refractivity contribution is 5.86. The number of fused-ring (bicyclic) bond motifs is 3. The minimum absolute atomic E-state index is 0.0507. The molecule has 2 aromatic heterocycles. The van der Waals surface area contributed by atoms with Gasteiger partial charge in [0.05, 0.1) is 23.4 Å². The molecule has 1 fully saturated rings. The Kier molecular flexibility index (Phi) is 4.96. The van der Waals surface area contributed by atoms with Gasteiger partial charge in [0.1, 0.15) is 18.4 Å². The first-order chi connectivity index (χ1) is 15.3. The second kappa shape index (κ2) is 7.70. The summed E-state index contributed by atoms with van der Waals surface area (Å²) in [7, 11) is 0. The number of nitrogens with zero attached hydrogens (tertiary/aromatic N) is 2. The number of alkyl halides is 3. The number of allylic oxidation sites excluding steroid dienone is 1. The number of aromatic nitrogens is 2. The van der Waals surface area contributed by atoms with Gasteiger partial charge in [-0.2, -0.15) is 13.2 Å². The van der Waals surface area contributed by atoms with Crippen LogP contribution in [0.1, 0.15) is 36.2 Å². The van der Waals surface area contributed by atoms with E-state index in [9.17, 15) is 18.0 Å². The largest absolute Gasteiger partial charge is 0.487 e. The number of benzene rings is 1. The van der Waals surface area contributed by atoms with Gasteiger partial charge < -0.3 is 19.4 Å². The molecule has 2 N–H and O–H groups in total. The quantitative estimate of drug-likeness (QED) is 0.638. The van der Waals surface area contributed by atoms with Crippen LogP contribution in [0.3, 0.4) is 0 Å². The van der Waals surface area contributed by atoms with Crippen molar-refractivity contribution in [2.75, 3.05) is 19.6 Å². The minimum Gasteiger partial charge on any atom is -0.487 e. The standard InChI is InChI=1S/C22H21F3N4O3/c1-12-8-16-15(3-5-18-20(16)32-21(30)28-18)19(29(12)11-22(23,24)25)17-4-2-13(10-27-17)31-14-6-7-26-9-14/h2-5,8,10,14,19,26H,6-7,9,11H2,1H3,(H,28,30)/t14-,19-/m0/s1. The van der Waals surface area contributed by atoms with Gasteiger partial charge in [-0.05, 0) is 49.7 Å². The third kappa shape index (κ3) is 3.86. The fraction of sp³-hybridized carbons (Fsp3) is 0.364. The number of pyridine rings is 1. The Bertz CT molecular complexity index is 1220. The number of aromatic amines is 1. The van der Waals surface area contributed by atoms with Gasteiger partial charge in [-0.1, -0.05) is 6.07 Å². The van der Waals surface area contributed by atoms with Crippen LogP contribution in [0, 0.1) is 0 Å². The summed E-state index contributed by atoms with van der Waals surface area (Å²) in [5.41, 5.74) is 2.80. The lowest BCUT2D eigenvalue weighted by molar-refractivity contribution is -0.145. The van der Waals surface area contributed by atoms with E-state index in [0.29, 0.717) is 39.4 Å². The van der Waals surface area contributed by atoms with Crippen molar-refractivity contribution in [1.82, 2.24) is 20.2 Å². The molecule has 2 aliphatic heterocycles. The van der Waals surface area contributed by atoms with E-state index in [1.807, 2.05) is 0 Å². The van der Waals surface area contributed by atoms with Crippen molar-refractivity contribution in [3.8, 4) is 5.75 Å². The topological polar surface area (TPSA) is 83.4 Å². The van der Waals surface area contributed by atoms with Crippen molar-refractivity contribution in [1.29, 1.82) is 0 Å². The van der Waals surface area contributed by atoms with Crippen LogP contribution in [-0.2, 0) is 0 Å². The summed E-state index contributed by atoms with van der Waals surface area (Å²) in [5, 5.41) is 3.22. The van der Waals surface area contributed by atoms with Crippen LogP contribution < -0.4 is 15.8 Å². The maximum Gasteiger partial charge on any atom is 0.417 e. The Morgan fingerprint density at radius 3 is 2.81 bits per heavy atom. The Morgan fingerprint density at radius 2 is 2.12 bits per heavy atom. The first-order valence-electron chi connectivity index (χ1n) is 10.3. The number of nitrogens with one attached hydrogen (secondary N) is 2. The summed E-state index contributed by atoms with van der Waals surface area (Å²) in [6.07, 6.45) is -0.314. The molecule has 4 heterocycles. The molecule has 0 amide bonds. The van der Waals surface area contributed by atoms with Crippen molar-refractivity contribution < 1.29 is 22.3 Å². The molecule has 0 spiro atoms. The van der Waals surface area contributed by atoms with E-state index in [1.165, 1.54) is 4.90 Å². The lowest BCUT2D eigenvalue weighted by atomic mass is 9.91. The summed E-state index contributed by atoms with van der Waals surface area (Å²) >= 11 is 0. The molecule has 7 nitrogen and oxygen atoms in total. The van der Waals surface area contributed by atoms with Gasteiger partial charge in [0, 0.05) is 17.8 Å². The Hall–Kier alpha value is -3.27. The molecule has 0 unspecified atom stereocenters. The average molecular weight is 446 g/mol. The average Bonchev–Trinajstić information content (AvgIpc) is 3.37. The summed E-state index contributed by atoms with van der Waals surface area (Å²) in [6.45, 7) is 2.11. The van der Waals surface area contributed by atoms with Crippen molar-refractivity contribution in [2.45, 2.75) is 31.7 Å². The van der Waals surface area contributed by atoms with Crippen LogP contribution >= 0.6 is 0 Å². The molecule has 0 saturated carbocycles. The second-order valence-electron chi connectivity index (χ2n) is 8.04.